The van der Waals surface area contributed by atoms with E-state index in [1.165, 1.54) is 5.56 Å². The number of hydrogen-bond acceptors (Lipinski definition) is 3. The molecule has 1 amide bonds. The molecule has 26 heavy (non-hydrogen) atoms. The molecule has 2 aromatic carbocycles. The van der Waals surface area contributed by atoms with Gasteiger partial charge in [-0.25, -0.2) is 0 Å². The van der Waals surface area contributed by atoms with Gasteiger partial charge in [0.1, 0.15) is 5.75 Å². The zero-order valence-corrected chi connectivity index (χ0v) is 16.8. The number of hydrogen-bond donors (Lipinski definition) is 2. The molecule has 2 N–H and O–H groups in total. The van der Waals surface area contributed by atoms with Gasteiger partial charge < -0.3 is 10.1 Å². The second kappa shape index (κ2) is 8.32. The average molecular weight is 371 g/mol. The Bertz CT molecular complexity index is 793. The van der Waals surface area contributed by atoms with Gasteiger partial charge in [-0.15, -0.1) is 0 Å². The van der Waals surface area contributed by atoms with E-state index in [1.54, 1.807) is 0 Å². The number of anilines is 1. The summed E-state index contributed by atoms with van der Waals surface area (Å²) in [4.78, 5) is 12.0. The van der Waals surface area contributed by atoms with Gasteiger partial charge in [-0.3, -0.25) is 10.1 Å². The van der Waals surface area contributed by atoms with Gasteiger partial charge >= 0.3 is 0 Å². The second-order valence-electron chi connectivity index (χ2n) is 7.38. The van der Waals surface area contributed by atoms with Crippen LogP contribution >= 0.6 is 12.2 Å². The Hall–Kier alpha value is -2.40. The van der Waals surface area contributed by atoms with Crippen molar-refractivity contribution in [3.05, 3.63) is 59.2 Å². The van der Waals surface area contributed by atoms with Crippen LogP contribution in [-0.2, 0) is 10.2 Å². The minimum Gasteiger partial charge on any atom is -0.484 e. The molecule has 0 aromatic heterocycles. The first kappa shape index (κ1) is 19.9. The molecule has 0 aliphatic heterocycles. The lowest BCUT2D eigenvalue weighted by atomic mass is 9.87. The molecule has 0 radical (unpaired) electrons. The summed E-state index contributed by atoms with van der Waals surface area (Å²) in [5, 5.41) is 5.95. The summed E-state index contributed by atoms with van der Waals surface area (Å²) in [6.45, 7) is 10.4. The molecule has 0 saturated carbocycles. The van der Waals surface area contributed by atoms with Gasteiger partial charge in [0, 0.05) is 5.69 Å². The number of nitrogens with one attached hydrogen (secondary N) is 2. The Kier molecular flexibility index (Phi) is 6.37. The number of aryl methyl sites for hydroxylation is 2. The first-order valence-corrected chi connectivity index (χ1v) is 8.97. The first-order chi connectivity index (χ1) is 12.1. The van der Waals surface area contributed by atoms with E-state index in [4.69, 9.17) is 17.0 Å². The molecule has 138 valence electrons. The van der Waals surface area contributed by atoms with E-state index >= 15 is 0 Å². The van der Waals surface area contributed by atoms with E-state index in [-0.39, 0.29) is 23.0 Å². The van der Waals surface area contributed by atoms with Crippen molar-refractivity contribution in [2.45, 2.75) is 40.0 Å². The number of ether oxygens (including phenoxy) is 1. The fourth-order valence-corrected chi connectivity index (χ4v) is 2.61. The van der Waals surface area contributed by atoms with Gasteiger partial charge in [-0.05, 0) is 66.4 Å². The molecular formula is C21H26N2O2S. The largest absolute Gasteiger partial charge is 0.484 e. The fourth-order valence-electron chi connectivity index (χ4n) is 2.39. The lowest BCUT2D eigenvalue weighted by Crippen LogP contribution is -2.37. The summed E-state index contributed by atoms with van der Waals surface area (Å²) in [5.41, 5.74) is 4.36. The Labute approximate surface area is 161 Å². The summed E-state index contributed by atoms with van der Waals surface area (Å²) in [7, 11) is 0. The van der Waals surface area contributed by atoms with E-state index in [9.17, 15) is 4.79 Å². The Morgan fingerprint density at radius 1 is 1.08 bits per heavy atom. The first-order valence-electron chi connectivity index (χ1n) is 8.56. The quantitative estimate of drug-likeness (QED) is 0.779. The number of carbonyl (C=O) groups excluding carboxylic acids is 1. The Morgan fingerprint density at radius 2 is 1.73 bits per heavy atom. The third-order valence-corrected chi connectivity index (χ3v) is 4.19. The van der Waals surface area contributed by atoms with Crippen LogP contribution in [0.25, 0.3) is 0 Å². The second-order valence-corrected chi connectivity index (χ2v) is 7.79. The van der Waals surface area contributed by atoms with Crippen LogP contribution in [0.5, 0.6) is 5.75 Å². The maximum Gasteiger partial charge on any atom is 0.264 e. The molecule has 0 unspecified atom stereocenters. The maximum absolute atomic E-state index is 12.0. The molecule has 0 fully saturated rings. The minimum absolute atomic E-state index is 0.0850. The molecular weight excluding hydrogens is 344 g/mol. The third-order valence-electron chi connectivity index (χ3n) is 3.98. The lowest BCUT2D eigenvalue weighted by molar-refractivity contribution is -0.121. The molecule has 5 heteroatoms. The van der Waals surface area contributed by atoms with Crippen molar-refractivity contribution in [3.8, 4) is 5.75 Å². The van der Waals surface area contributed by atoms with Gasteiger partial charge in [0.25, 0.3) is 5.91 Å². The summed E-state index contributed by atoms with van der Waals surface area (Å²) in [6.07, 6.45) is 0. The highest BCUT2D eigenvalue weighted by Gasteiger charge is 2.13. The molecule has 0 heterocycles. The van der Waals surface area contributed by atoms with E-state index in [2.05, 4.69) is 31.4 Å². The zero-order valence-electron chi connectivity index (χ0n) is 16.0. The topological polar surface area (TPSA) is 50.4 Å². The maximum atomic E-state index is 12.0. The number of benzene rings is 2. The smallest absolute Gasteiger partial charge is 0.264 e. The molecule has 2 aromatic rings. The highest BCUT2D eigenvalue weighted by molar-refractivity contribution is 7.80. The molecule has 0 aliphatic carbocycles. The average Bonchev–Trinajstić information content (AvgIpc) is 2.56. The molecule has 0 atom stereocenters. The van der Waals surface area contributed by atoms with Crippen molar-refractivity contribution in [2.24, 2.45) is 0 Å². The molecule has 0 saturated heterocycles. The van der Waals surface area contributed by atoms with Crippen LogP contribution in [0.4, 0.5) is 5.69 Å². The third kappa shape index (κ3) is 5.85. The lowest BCUT2D eigenvalue weighted by Gasteiger charge is -2.19. The van der Waals surface area contributed by atoms with Gasteiger partial charge in [-0.1, -0.05) is 45.0 Å². The highest BCUT2D eigenvalue weighted by Crippen LogP contribution is 2.24. The zero-order chi connectivity index (χ0) is 19.3. The van der Waals surface area contributed by atoms with Crippen LogP contribution < -0.4 is 15.4 Å². The number of rotatable bonds is 4. The Morgan fingerprint density at radius 3 is 2.35 bits per heavy atom. The van der Waals surface area contributed by atoms with Gasteiger partial charge in [0.15, 0.2) is 11.7 Å². The van der Waals surface area contributed by atoms with Crippen molar-refractivity contribution >= 4 is 28.9 Å². The molecule has 4 nitrogen and oxygen atoms in total. The molecule has 0 spiro atoms. The predicted octanol–water partition coefficient (Wildman–Crippen LogP) is 4.49. The minimum atomic E-state index is -0.298. The SMILES string of the molecule is Cc1ccc(C)c(NC(=S)NC(=O)COc2ccc(C(C)(C)C)cc2)c1. The normalized spacial score (nSPS) is 11.0. The monoisotopic (exact) mass is 370 g/mol. The van der Waals surface area contributed by atoms with Gasteiger partial charge in [0.2, 0.25) is 0 Å². The van der Waals surface area contributed by atoms with Gasteiger partial charge in [0.05, 0.1) is 0 Å². The van der Waals surface area contributed by atoms with Crippen LogP contribution in [0.15, 0.2) is 42.5 Å². The molecule has 2 rings (SSSR count). The van der Waals surface area contributed by atoms with Crippen LogP contribution in [0, 0.1) is 13.8 Å². The van der Waals surface area contributed by atoms with E-state index < -0.39 is 0 Å². The summed E-state index contributed by atoms with van der Waals surface area (Å²) in [5.74, 6) is 0.356. The number of thiocarbonyl (C=S) groups is 1. The predicted molar refractivity (Wildman–Crippen MR) is 111 cm³/mol. The Balaban J connectivity index is 1.84. The number of amides is 1. The van der Waals surface area contributed by atoms with Crippen molar-refractivity contribution in [1.82, 2.24) is 5.32 Å². The van der Waals surface area contributed by atoms with Crippen molar-refractivity contribution < 1.29 is 9.53 Å². The van der Waals surface area contributed by atoms with E-state index in [1.807, 2.05) is 56.3 Å². The molecule has 0 aliphatic rings. The van der Waals surface area contributed by atoms with Crippen LogP contribution in [0.2, 0.25) is 0 Å². The van der Waals surface area contributed by atoms with E-state index in [0.29, 0.717) is 5.75 Å². The molecule has 0 bridgehead atoms. The van der Waals surface area contributed by atoms with Crippen LogP contribution in [-0.4, -0.2) is 17.6 Å². The van der Waals surface area contributed by atoms with Crippen molar-refractivity contribution in [1.29, 1.82) is 0 Å². The van der Waals surface area contributed by atoms with Crippen LogP contribution in [0.1, 0.15) is 37.5 Å². The summed E-state index contributed by atoms with van der Waals surface area (Å²) >= 11 is 5.21. The van der Waals surface area contributed by atoms with Crippen molar-refractivity contribution in [2.75, 3.05) is 11.9 Å². The van der Waals surface area contributed by atoms with Crippen molar-refractivity contribution in [3.63, 3.8) is 0 Å². The van der Waals surface area contributed by atoms with Gasteiger partial charge in [-0.2, -0.15) is 0 Å². The summed E-state index contributed by atoms with van der Waals surface area (Å²) < 4.78 is 5.53. The van der Waals surface area contributed by atoms with Crippen LogP contribution in [0.3, 0.4) is 0 Å². The van der Waals surface area contributed by atoms with E-state index in [0.717, 1.165) is 16.8 Å². The highest BCUT2D eigenvalue weighted by atomic mass is 32.1. The standard InChI is InChI=1S/C21H26N2O2S/c1-14-6-7-15(2)18(12-14)22-20(26)23-19(24)13-25-17-10-8-16(9-11-17)21(3,4)5/h6-12H,13H2,1-5H3,(H2,22,23,24,26). The fraction of sp³-hybridized carbons (Fsp3) is 0.333. The number of carbonyl (C=O) groups is 1. The summed E-state index contributed by atoms with van der Waals surface area (Å²) in [6, 6.07) is 13.8.